The van der Waals surface area contributed by atoms with Gasteiger partial charge in [-0.3, -0.25) is 9.97 Å². The molecule has 0 bridgehead atoms. The van der Waals surface area contributed by atoms with Gasteiger partial charge < -0.3 is 19.5 Å². The number of nitrogens with one attached hydrogen (secondary N) is 1. The van der Waals surface area contributed by atoms with Crippen LogP contribution in [0.2, 0.25) is 0 Å². The van der Waals surface area contributed by atoms with Gasteiger partial charge in [0.25, 0.3) is 0 Å². The average molecular weight is 518 g/mol. The van der Waals surface area contributed by atoms with Crippen LogP contribution in [0.15, 0.2) is 110 Å². The van der Waals surface area contributed by atoms with Gasteiger partial charge in [-0.15, -0.1) is 0 Å². The number of ether oxygens (including phenoxy) is 1. The van der Waals surface area contributed by atoms with Crippen molar-refractivity contribution in [3.63, 3.8) is 0 Å². The molecule has 6 rings (SSSR count). The first-order valence-corrected chi connectivity index (χ1v) is 12.9. The summed E-state index contributed by atoms with van der Waals surface area (Å²) in [7, 11) is 0. The standard InChI is InChI=1S/C31H27N5OS/c1-21-8-13-25(14-9-21)37-26-15-11-23(12-16-26)36-30(29(34-31(36)38)27-7-3-4-19-33-27)28-17-10-22(2)35(28)24-6-5-18-32-20-24/h3-20,29-30H,1-2H3,(H,34,38). The van der Waals surface area contributed by atoms with Crippen molar-refractivity contribution in [1.29, 1.82) is 0 Å². The second-order valence-corrected chi connectivity index (χ2v) is 9.74. The number of aromatic nitrogens is 3. The maximum absolute atomic E-state index is 6.07. The van der Waals surface area contributed by atoms with E-state index in [2.05, 4.69) is 68.9 Å². The minimum atomic E-state index is -0.143. The molecule has 6 nitrogen and oxygen atoms in total. The largest absolute Gasteiger partial charge is 0.457 e. The third-order valence-corrected chi connectivity index (χ3v) is 7.10. The Morgan fingerprint density at radius 3 is 2.24 bits per heavy atom. The molecule has 7 heteroatoms. The van der Waals surface area contributed by atoms with Crippen molar-refractivity contribution >= 4 is 23.0 Å². The number of aryl methyl sites for hydroxylation is 2. The fourth-order valence-electron chi connectivity index (χ4n) is 4.98. The Morgan fingerprint density at radius 1 is 0.789 bits per heavy atom. The van der Waals surface area contributed by atoms with Crippen molar-refractivity contribution in [3.05, 3.63) is 132 Å². The third-order valence-electron chi connectivity index (χ3n) is 6.78. The summed E-state index contributed by atoms with van der Waals surface area (Å²) in [6.45, 7) is 4.17. The highest BCUT2D eigenvalue weighted by molar-refractivity contribution is 7.80. The number of rotatable bonds is 6. The monoisotopic (exact) mass is 517 g/mol. The van der Waals surface area contributed by atoms with Gasteiger partial charge in [0, 0.05) is 29.5 Å². The van der Waals surface area contributed by atoms with Crippen LogP contribution in [0.4, 0.5) is 5.69 Å². The van der Waals surface area contributed by atoms with Gasteiger partial charge in [0.2, 0.25) is 0 Å². The maximum Gasteiger partial charge on any atom is 0.174 e. The van der Waals surface area contributed by atoms with Gasteiger partial charge in [-0.25, -0.2) is 0 Å². The van der Waals surface area contributed by atoms with Crippen LogP contribution in [0.1, 0.15) is 34.7 Å². The molecule has 1 aliphatic rings. The summed E-state index contributed by atoms with van der Waals surface area (Å²) in [5.41, 5.74) is 6.31. The summed E-state index contributed by atoms with van der Waals surface area (Å²) in [6.07, 6.45) is 5.49. The fraction of sp³-hybridized carbons (Fsp3) is 0.129. The second kappa shape index (κ2) is 10.1. The maximum atomic E-state index is 6.07. The molecule has 2 unspecified atom stereocenters. The van der Waals surface area contributed by atoms with Crippen molar-refractivity contribution < 1.29 is 4.74 Å². The fourth-order valence-corrected chi connectivity index (χ4v) is 5.32. The van der Waals surface area contributed by atoms with Gasteiger partial charge in [-0.05, 0) is 98.9 Å². The molecule has 2 aromatic carbocycles. The van der Waals surface area contributed by atoms with Gasteiger partial charge in [0.15, 0.2) is 5.11 Å². The highest BCUT2D eigenvalue weighted by atomic mass is 32.1. The Kier molecular flexibility index (Phi) is 6.35. The number of hydrogen-bond acceptors (Lipinski definition) is 4. The molecule has 38 heavy (non-hydrogen) atoms. The van der Waals surface area contributed by atoms with E-state index in [-0.39, 0.29) is 12.1 Å². The molecule has 188 valence electrons. The topological polar surface area (TPSA) is 55.2 Å². The number of benzene rings is 2. The Hall–Kier alpha value is -4.49. The first-order chi connectivity index (χ1) is 18.6. The Labute approximate surface area is 227 Å². The van der Waals surface area contributed by atoms with Gasteiger partial charge >= 0.3 is 0 Å². The lowest BCUT2D eigenvalue weighted by atomic mass is 10.0. The summed E-state index contributed by atoms with van der Waals surface area (Å²) in [6, 6.07) is 30.1. The molecule has 0 radical (unpaired) electrons. The highest BCUT2D eigenvalue weighted by Crippen LogP contribution is 2.43. The summed E-state index contributed by atoms with van der Waals surface area (Å²) >= 11 is 5.93. The van der Waals surface area contributed by atoms with Gasteiger partial charge in [0.05, 0.1) is 23.6 Å². The first kappa shape index (κ1) is 23.9. The van der Waals surface area contributed by atoms with Crippen molar-refractivity contribution in [2.24, 2.45) is 0 Å². The first-order valence-electron chi connectivity index (χ1n) is 12.5. The van der Waals surface area contributed by atoms with E-state index in [1.165, 1.54) is 5.56 Å². The van der Waals surface area contributed by atoms with Crippen molar-refractivity contribution in [2.75, 3.05) is 4.90 Å². The quantitative estimate of drug-likeness (QED) is 0.249. The minimum absolute atomic E-state index is 0.142. The van der Waals surface area contributed by atoms with Crippen LogP contribution in [0.25, 0.3) is 5.69 Å². The van der Waals surface area contributed by atoms with Crippen LogP contribution in [-0.2, 0) is 0 Å². The summed E-state index contributed by atoms with van der Waals surface area (Å²) in [4.78, 5) is 11.2. The Morgan fingerprint density at radius 2 is 1.55 bits per heavy atom. The normalized spacial score (nSPS) is 16.9. The van der Waals surface area contributed by atoms with Gasteiger partial charge in [-0.1, -0.05) is 23.8 Å². The Bertz CT molecular complexity index is 1550. The SMILES string of the molecule is Cc1ccc(Oc2ccc(N3C(=S)NC(c4ccccn4)C3c3ccc(C)n3-c3cccnc3)cc2)cc1. The molecule has 1 saturated heterocycles. The number of thiocarbonyl (C=S) groups is 1. The van der Waals surface area contributed by atoms with E-state index in [4.69, 9.17) is 17.0 Å². The molecule has 4 heterocycles. The molecule has 3 aromatic heterocycles. The summed E-state index contributed by atoms with van der Waals surface area (Å²) < 4.78 is 8.31. The van der Waals surface area contributed by atoms with Crippen LogP contribution in [-0.4, -0.2) is 19.6 Å². The molecule has 0 spiro atoms. The summed E-state index contributed by atoms with van der Waals surface area (Å²) in [5, 5.41) is 4.20. The van der Waals surface area contributed by atoms with Crippen molar-refractivity contribution in [1.82, 2.24) is 19.9 Å². The average Bonchev–Trinajstić information content (AvgIpc) is 3.50. The van der Waals surface area contributed by atoms with E-state index < -0.39 is 0 Å². The molecule has 0 saturated carbocycles. The van der Waals surface area contributed by atoms with E-state index in [9.17, 15) is 0 Å². The molecule has 0 aliphatic carbocycles. The van der Waals surface area contributed by atoms with Crippen LogP contribution >= 0.6 is 12.2 Å². The second-order valence-electron chi connectivity index (χ2n) is 9.35. The van der Waals surface area contributed by atoms with E-state index in [0.29, 0.717) is 5.11 Å². The predicted octanol–water partition coefficient (Wildman–Crippen LogP) is 6.85. The van der Waals surface area contributed by atoms with Crippen LogP contribution in [0.3, 0.4) is 0 Å². The highest BCUT2D eigenvalue weighted by Gasteiger charge is 2.42. The zero-order valence-corrected chi connectivity index (χ0v) is 22.0. The van der Waals surface area contributed by atoms with Crippen molar-refractivity contribution in [2.45, 2.75) is 25.9 Å². The minimum Gasteiger partial charge on any atom is -0.457 e. The number of anilines is 1. The molecule has 1 fully saturated rings. The molecule has 1 N–H and O–H groups in total. The lowest BCUT2D eigenvalue weighted by Crippen LogP contribution is -2.30. The molecule has 5 aromatic rings. The smallest absolute Gasteiger partial charge is 0.174 e. The van der Waals surface area contributed by atoms with Gasteiger partial charge in [0.1, 0.15) is 17.5 Å². The number of pyridine rings is 2. The predicted molar refractivity (Wildman–Crippen MR) is 154 cm³/mol. The van der Waals surface area contributed by atoms with E-state index in [1.54, 1.807) is 6.20 Å². The number of hydrogen-bond donors (Lipinski definition) is 1. The lowest BCUT2D eigenvalue weighted by molar-refractivity contribution is 0.482. The Balaban J connectivity index is 1.41. The third kappa shape index (κ3) is 4.53. The lowest BCUT2D eigenvalue weighted by Gasteiger charge is -2.29. The zero-order chi connectivity index (χ0) is 26.1. The van der Waals surface area contributed by atoms with Gasteiger partial charge in [-0.2, -0.15) is 0 Å². The van der Waals surface area contributed by atoms with Crippen LogP contribution in [0, 0.1) is 13.8 Å². The molecular weight excluding hydrogens is 490 g/mol. The zero-order valence-electron chi connectivity index (χ0n) is 21.2. The number of nitrogens with zero attached hydrogens (tertiary/aromatic N) is 4. The summed E-state index contributed by atoms with van der Waals surface area (Å²) in [5.74, 6) is 1.57. The molecule has 2 atom stereocenters. The molecule has 1 aliphatic heterocycles. The van der Waals surface area contributed by atoms with E-state index in [1.807, 2.05) is 73.1 Å². The van der Waals surface area contributed by atoms with E-state index in [0.717, 1.165) is 40.0 Å². The van der Waals surface area contributed by atoms with Crippen LogP contribution in [0.5, 0.6) is 11.5 Å². The van der Waals surface area contributed by atoms with Crippen molar-refractivity contribution in [3.8, 4) is 17.2 Å². The molecule has 0 amide bonds. The molecular formula is C31H27N5OS. The van der Waals surface area contributed by atoms with E-state index >= 15 is 0 Å². The van der Waals surface area contributed by atoms with Crippen LogP contribution < -0.4 is 15.0 Å².